The zero-order valence-electron chi connectivity index (χ0n) is 10.0. The molecule has 17 heavy (non-hydrogen) atoms. The van der Waals surface area contributed by atoms with Crippen molar-refractivity contribution in [2.24, 2.45) is 0 Å². The highest BCUT2D eigenvalue weighted by atomic mass is 79.9. The van der Waals surface area contributed by atoms with Crippen molar-refractivity contribution in [3.63, 3.8) is 0 Å². The Bertz CT molecular complexity index is 364. The molecule has 0 aliphatic carbocycles. The number of ether oxygens (including phenoxy) is 2. The summed E-state index contributed by atoms with van der Waals surface area (Å²) in [5.41, 5.74) is 2.34. The average molecular weight is 300 g/mol. The lowest BCUT2D eigenvalue weighted by Gasteiger charge is -2.25. The molecule has 1 aromatic rings. The summed E-state index contributed by atoms with van der Waals surface area (Å²) < 4.78 is 11.7. The lowest BCUT2D eigenvalue weighted by Crippen LogP contribution is -2.28. The molecule has 1 aliphatic rings. The fourth-order valence-electron chi connectivity index (χ4n) is 2.05. The first-order valence-corrected chi connectivity index (χ1v) is 6.71. The van der Waals surface area contributed by atoms with Crippen molar-refractivity contribution in [3.05, 3.63) is 28.2 Å². The molecule has 1 aliphatic heterocycles. The predicted octanol–water partition coefficient (Wildman–Crippen LogP) is 3.19. The maximum absolute atomic E-state index is 5.36. The molecule has 1 saturated heterocycles. The summed E-state index contributed by atoms with van der Waals surface area (Å²) in [7, 11) is 1.72. The molecule has 3 nitrogen and oxygen atoms in total. The van der Waals surface area contributed by atoms with Gasteiger partial charge in [-0.2, -0.15) is 0 Å². The SMILES string of the molecule is COCc1c(Br)cccc1NC1CCOCC1. The van der Waals surface area contributed by atoms with Crippen molar-refractivity contribution in [2.75, 3.05) is 25.6 Å². The number of hydrogen-bond donors (Lipinski definition) is 1. The van der Waals surface area contributed by atoms with E-state index >= 15 is 0 Å². The first-order chi connectivity index (χ1) is 8.31. The van der Waals surface area contributed by atoms with Crippen LogP contribution in [0.3, 0.4) is 0 Å². The van der Waals surface area contributed by atoms with Gasteiger partial charge in [0.05, 0.1) is 6.61 Å². The van der Waals surface area contributed by atoms with Crippen LogP contribution in [-0.4, -0.2) is 26.4 Å². The first-order valence-electron chi connectivity index (χ1n) is 5.92. The number of nitrogens with one attached hydrogen (secondary N) is 1. The van der Waals surface area contributed by atoms with E-state index < -0.39 is 0 Å². The van der Waals surface area contributed by atoms with Gasteiger partial charge in [-0.25, -0.2) is 0 Å². The minimum Gasteiger partial charge on any atom is -0.382 e. The van der Waals surface area contributed by atoms with E-state index in [1.54, 1.807) is 7.11 Å². The van der Waals surface area contributed by atoms with Crippen LogP contribution in [-0.2, 0) is 16.1 Å². The lowest BCUT2D eigenvalue weighted by molar-refractivity contribution is 0.0904. The van der Waals surface area contributed by atoms with Crippen LogP contribution < -0.4 is 5.32 Å². The molecule has 1 aromatic carbocycles. The minimum absolute atomic E-state index is 0.508. The quantitative estimate of drug-likeness (QED) is 0.926. The summed E-state index contributed by atoms with van der Waals surface area (Å²) in [6, 6.07) is 6.71. The van der Waals surface area contributed by atoms with Crippen LogP contribution in [0.25, 0.3) is 0 Å². The Hall–Kier alpha value is -0.580. The summed E-state index contributed by atoms with van der Waals surface area (Å²) in [5, 5.41) is 3.59. The van der Waals surface area contributed by atoms with Gasteiger partial charge in [0, 0.05) is 42.1 Å². The largest absolute Gasteiger partial charge is 0.382 e. The van der Waals surface area contributed by atoms with E-state index in [0.29, 0.717) is 12.6 Å². The molecule has 94 valence electrons. The van der Waals surface area contributed by atoms with Gasteiger partial charge in [0.15, 0.2) is 0 Å². The van der Waals surface area contributed by atoms with Crippen LogP contribution >= 0.6 is 15.9 Å². The molecule has 2 rings (SSSR count). The lowest BCUT2D eigenvalue weighted by atomic mass is 10.1. The third-order valence-electron chi connectivity index (χ3n) is 2.99. The second-order valence-corrected chi connectivity index (χ2v) is 5.08. The average Bonchev–Trinajstić information content (AvgIpc) is 2.35. The van der Waals surface area contributed by atoms with Crippen LogP contribution in [0.5, 0.6) is 0 Å². The molecule has 1 heterocycles. The Balaban J connectivity index is 2.10. The van der Waals surface area contributed by atoms with Gasteiger partial charge >= 0.3 is 0 Å². The van der Waals surface area contributed by atoms with E-state index in [4.69, 9.17) is 9.47 Å². The number of methoxy groups -OCH3 is 1. The highest BCUT2D eigenvalue weighted by Crippen LogP contribution is 2.27. The maximum atomic E-state index is 5.36. The molecule has 0 spiro atoms. The number of anilines is 1. The van der Waals surface area contributed by atoms with E-state index in [9.17, 15) is 0 Å². The normalized spacial score (nSPS) is 17.1. The van der Waals surface area contributed by atoms with Crippen LogP contribution in [0, 0.1) is 0 Å². The Kier molecular flexibility index (Phi) is 4.83. The van der Waals surface area contributed by atoms with Crippen molar-refractivity contribution in [1.82, 2.24) is 0 Å². The number of hydrogen-bond acceptors (Lipinski definition) is 3. The summed E-state index contributed by atoms with van der Waals surface area (Å²) in [4.78, 5) is 0. The molecule has 0 saturated carbocycles. The van der Waals surface area contributed by atoms with E-state index in [1.807, 2.05) is 12.1 Å². The van der Waals surface area contributed by atoms with Gasteiger partial charge in [-0.1, -0.05) is 22.0 Å². The van der Waals surface area contributed by atoms with Gasteiger partial charge in [-0.05, 0) is 25.0 Å². The molecule has 4 heteroatoms. The number of rotatable bonds is 4. The molecule has 0 atom stereocenters. The van der Waals surface area contributed by atoms with Gasteiger partial charge in [-0.15, -0.1) is 0 Å². The van der Waals surface area contributed by atoms with E-state index in [-0.39, 0.29) is 0 Å². The second kappa shape index (κ2) is 6.38. The van der Waals surface area contributed by atoms with Crippen LogP contribution in [0.1, 0.15) is 18.4 Å². The minimum atomic E-state index is 0.508. The monoisotopic (exact) mass is 299 g/mol. The van der Waals surface area contributed by atoms with Crippen molar-refractivity contribution < 1.29 is 9.47 Å². The van der Waals surface area contributed by atoms with Gasteiger partial charge in [0.2, 0.25) is 0 Å². The highest BCUT2D eigenvalue weighted by Gasteiger charge is 2.15. The highest BCUT2D eigenvalue weighted by molar-refractivity contribution is 9.10. The fraction of sp³-hybridized carbons (Fsp3) is 0.538. The van der Waals surface area contributed by atoms with Crippen molar-refractivity contribution >= 4 is 21.6 Å². The van der Waals surface area contributed by atoms with Gasteiger partial charge in [0.25, 0.3) is 0 Å². The van der Waals surface area contributed by atoms with E-state index in [0.717, 1.165) is 36.2 Å². The van der Waals surface area contributed by atoms with Crippen LogP contribution in [0.2, 0.25) is 0 Å². The number of benzene rings is 1. The van der Waals surface area contributed by atoms with Crippen molar-refractivity contribution in [3.8, 4) is 0 Å². The molecule has 1 fully saturated rings. The standard InChI is InChI=1S/C13H18BrNO2/c1-16-9-11-12(14)3-2-4-13(11)15-10-5-7-17-8-6-10/h2-4,10,15H,5-9H2,1H3. The molecule has 0 aromatic heterocycles. The molecule has 0 radical (unpaired) electrons. The predicted molar refractivity (Wildman–Crippen MR) is 72.3 cm³/mol. The Morgan fingerprint density at radius 2 is 2.18 bits per heavy atom. The van der Waals surface area contributed by atoms with E-state index in [2.05, 4.69) is 27.3 Å². The topological polar surface area (TPSA) is 30.5 Å². The third-order valence-corrected chi connectivity index (χ3v) is 3.73. The molecule has 0 unspecified atom stereocenters. The zero-order chi connectivity index (χ0) is 12.1. The van der Waals surface area contributed by atoms with E-state index in [1.165, 1.54) is 5.56 Å². The first kappa shape index (κ1) is 12.9. The van der Waals surface area contributed by atoms with Crippen LogP contribution in [0.15, 0.2) is 22.7 Å². The van der Waals surface area contributed by atoms with Gasteiger partial charge < -0.3 is 14.8 Å². The maximum Gasteiger partial charge on any atom is 0.0744 e. The zero-order valence-corrected chi connectivity index (χ0v) is 11.6. The Morgan fingerprint density at radius 3 is 2.88 bits per heavy atom. The van der Waals surface area contributed by atoms with Crippen molar-refractivity contribution in [2.45, 2.75) is 25.5 Å². The second-order valence-electron chi connectivity index (χ2n) is 4.23. The summed E-state index contributed by atoms with van der Waals surface area (Å²) in [6.07, 6.45) is 2.14. The fourth-order valence-corrected chi connectivity index (χ4v) is 2.53. The molecule has 0 amide bonds. The Labute approximate surface area is 111 Å². The third kappa shape index (κ3) is 3.44. The molecular weight excluding hydrogens is 282 g/mol. The van der Waals surface area contributed by atoms with Gasteiger partial charge in [-0.3, -0.25) is 0 Å². The number of halogens is 1. The van der Waals surface area contributed by atoms with Crippen LogP contribution in [0.4, 0.5) is 5.69 Å². The smallest absolute Gasteiger partial charge is 0.0744 e. The summed E-state index contributed by atoms with van der Waals surface area (Å²) >= 11 is 3.57. The van der Waals surface area contributed by atoms with Gasteiger partial charge in [0.1, 0.15) is 0 Å². The molecule has 0 bridgehead atoms. The molecule has 1 N–H and O–H groups in total. The molecular formula is C13H18BrNO2. The van der Waals surface area contributed by atoms with Crippen molar-refractivity contribution in [1.29, 1.82) is 0 Å². The summed E-state index contributed by atoms with van der Waals surface area (Å²) in [6.45, 7) is 2.32. The summed E-state index contributed by atoms with van der Waals surface area (Å²) in [5.74, 6) is 0. The Morgan fingerprint density at radius 1 is 1.41 bits per heavy atom.